The van der Waals surface area contributed by atoms with Crippen molar-refractivity contribution in [3.8, 4) is 0 Å². The summed E-state index contributed by atoms with van der Waals surface area (Å²) in [6.07, 6.45) is 2.29. The standard InChI is InChI=1S/C17H24N6O7S/c1-8(14-13-10-5-6-11(21(10)2)15(13)19-18-14)29-20-16(24)12-4-3-9-7-22(12)17(25)23(9)30-31(26,27)28/h8-12H,3-7H2,1-2H3,(H,18,19)(H,20,24)(H,26,27,28)/t8?,9-,10?,11?,12+/m1/s1. The van der Waals surface area contributed by atoms with Gasteiger partial charge in [0.1, 0.15) is 12.1 Å². The molecule has 0 aromatic carbocycles. The third-order valence-electron chi connectivity index (χ3n) is 6.75. The van der Waals surface area contributed by atoms with Crippen LogP contribution in [-0.2, 0) is 24.3 Å². The number of urea groups is 1. The van der Waals surface area contributed by atoms with Crippen molar-refractivity contribution in [2.24, 2.45) is 0 Å². The van der Waals surface area contributed by atoms with Gasteiger partial charge in [0.05, 0.1) is 23.5 Å². The maximum Gasteiger partial charge on any atom is 0.418 e. The van der Waals surface area contributed by atoms with Crippen molar-refractivity contribution in [1.82, 2.24) is 30.5 Å². The van der Waals surface area contributed by atoms with Crippen LogP contribution in [-0.4, -0.2) is 75.6 Å². The normalized spacial score (nSPS) is 30.7. The van der Waals surface area contributed by atoms with Crippen LogP contribution in [0.3, 0.4) is 0 Å². The summed E-state index contributed by atoms with van der Waals surface area (Å²) in [5.41, 5.74) is 5.42. The molecule has 0 saturated carbocycles. The summed E-state index contributed by atoms with van der Waals surface area (Å²) in [6, 6.07) is -1.55. The summed E-state index contributed by atoms with van der Waals surface area (Å²) in [7, 11) is -2.75. The minimum absolute atomic E-state index is 0.115. The lowest BCUT2D eigenvalue weighted by Gasteiger charge is -2.29. The third-order valence-corrected chi connectivity index (χ3v) is 7.10. The molecule has 5 heterocycles. The summed E-state index contributed by atoms with van der Waals surface area (Å²) in [5, 5.41) is 8.11. The van der Waals surface area contributed by atoms with E-state index >= 15 is 0 Å². The highest BCUT2D eigenvalue weighted by molar-refractivity contribution is 7.80. The van der Waals surface area contributed by atoms with Crippen LogP contribution in [0, 0.1) is 0 Å². The Bertz CT molecular complexity index is 1030. The molecule has 31 heavy (non-hydrogen) atoms. The number of aromatic amines is 1. The molecule has 3 unspecified atom stereocenters. The van der Waals surface area contributed by atoms with Crippen LogP contribution in [0.4, 0.5) is 4.79 Å². The van der Waals surface area contributed by atoms with E-state index in [1.165, 1.54) is 4.90 Å². The summed E-state index contributed by atoms with van der Waals surface area (Å²) in [4.78, 5) is 34.3. The molecule has 0 spiro atoms. The predicted octanol–water partition coefficient (Wildman–Crippen LogP) is 0.343. The molecule has 3 saturated heterocycles. The van der Waals surface area contributed by atoms with E-state index in [0.29, 0.717) is 30.0 Å². The first kappa shape index (κ1) is 20.6. The first-order valence-corrected chi connectivity index (χ1v) is 11.5. The molecule has 0 radical (unpaired) electrons. The van der Waals surface area contributed by atoms with E-state index in [1.807, 2.05) is 0 Å². The molecule has 13 nitrogen and oxygen atoms in total. The zero-order valence-electron chi connectivity index (χ0n) is 17.0. The molecule has 1 aromatic rings. The summed E-state index contributed by atoms with van der Waals surface area (Å²) < 4.78 is 35.2. The van der Waals surface area contributed by atoms with Crippen molar-refractivity contribution in [2.45, 2.75) is 62.9 Å². The number of nitrogens with zero attached hydrogens (tertiary/aromatic N) is 4. The second kappa shape index (κ2) is 7.13. The first-order chi connectivity index (χ1) is 14.7. The van der Waals surface area contributed by atoms with Gasteiger partial charge in [-0.2, -0.15) is 18.6 Å². The molecule has 4 bridgehead atoms. The minimum atomic E-state index is -4.84. The fourth-order valence-electron chi connectivity index (χ4n) is 5.30. The van der Waals surface area contributed by atoms with Gasteiger partial charge < -0.3 is 4.90 Å². The molecular weight excluding hydrogens is 432 g/mol. The zero-order valence-corrected chi connectivity index (χ0v) is 17.8. The van der Waals surface area contributed by atoms with Crippen LogP contribution < -0.4 is 5.48 Å². The van der Waals surface area contributed by atoms with Crippen LogP contribution in [0.2, 0.25) is 0 Å². The number of hydroxylamine groups is 3. The third kappa shape index (κ3) is 3.29. The number of carbonyl (C=O) groups excluding carboxylic acids is 2. The molecule has 3 fully saturated rings. The quantitative estimate of drug-likeness (QED) is 0.405. The Morgan fingerprint density at radius 2 is 2.03 bits per heavy atom. The maximum absolute atomic E-state index is 12.7. The summed E-state index contributed by atoms with van der Waals surface area (Å²) >= 11 is 0. The number of hydrogen-bond donors (Lipinski definition) is 3. The maximum atomic E-state index is 12.7. The largest absolute Gasteiger partial charge is 0.418 e. The van der Waals surface area contributed by atoms with E-state index in [4.69, 9.17) is 9.39 Å². The monoisotopic (exact) mass is 456 g/mol. The van der Waals surface area contributed by atoms with Crippen LogP contribution in [0.15, 0.2) is 0 Å². The van der Waals surface area contributed by atoms with E-state index in [1.54, 1.807) is 6.92 Å². The molecule has 5 rings (SSSR count). The van der Waals surface area contributed by atoms with Crippen LogP contribution >= 0.6 is 0 Å². The molecule has 170 valence electrons. The smallest absolute Gasteiger partial charge is 0.309 e. The highest BCUT2D eigenvalue weighted by atomic mass is 32.3. The van der Waals surface area contributed by atoms with Crippen molar-refractivity contribution >= 4 is 22.3 Å². The highest BCUT2D eigenvalue weighted by Crippen LogP contribution is 2.53. The molecule has 3 N–H and O–H groups in total. The number of nitrogens with one attached hydrogen (secondary N) is 2. The zero-order chi connectivity index (χ0) is 22.1. The average molecular weight is 456 g/mol. The Morgan fingerprint density at radius 1 is 1.29 bits per heavy atom. The number of fused-ring (bicyclic) bond motifs is 7. The van der Waals surface area contributed by atoms with E-state index in [9.17, 15) is 18.0 Å². The van der Waals surface area contributed by atoms with Gasteiger partial charge in [-0.15, -0.1) is 4.28 Å². The lowest BCUT2D eigenvalue weighted by atomic mass is 9.94. The number of amides is 3. The second-order valence-electron chi connectivity index (χ2n) is 8.45. The average Bonchev–Trinajstić information content (AvgIpc) is 3.43. The van der Waals surface area contributed by atoms with Crippen molar-refractivity contribution in [2.75, 3.05) is 13.6 Å². The van der Waals surface area contributed by atoms with Gasteiger partial charge in [-0.1, -0.05) is 0 Å². The van der Waals surface area contributed by atoms with Gasteiger partial charge in [0.25, 0.3) is 5.91 Å². The number of hydrogen-bond acceptors (Lipinski definition) is 8. The summed E-state index contributed by atoms with van der Waals surface area (Å²) in [6.45, 7) is 1.91. The molecule has 4 aliphatic rings. The van der Waals surface area contributed by atoms with E-state index < -0.39 is 40.5 Å². The lowest BCUT2D eigenvalue weighted by Crippen LogP contribution is -2.49. The van der Waals surface area contributed by atoms with E-state index in [2.05, 4.69) is 31.9 Å². The fourth-order valence-corrected chi connectivity index (χ4v) is 5.69. The van der Waals surface area contributed by atoms with Gasteiger partial charge in [0, 0.05) is 18.2 Å². The number of carbonyl (C=O) groups is 2. The molecule has 5 atom stereocenters. The van der Waals surface area contributed by atoms with Crippen LogP contribution in [0.1, 0.15) is 67.7 Å². The second-order valence-corrected chi connectivity index (χ2v) is 9.45. The number of piperidine rings is 1. The predicted molar refractivity (Wildman–Crippen MR) is 102 cm³/mol. The number of aromatic nitrogens is 2. The Balaban J connectivity index is 1.22. The Morgan fingerprint density at radius 3 is 2.77 bits per heavy atom. The lowest BCUT2D eigenvalue weighted by molar-refractivity contribution is -0.143. The molecule has 1 aromatic heterocycles. The SMILES string of the molecule is CC(ONC(=O)[C@@H]1CC[C@@H]2CN1C(=O)N2OS(=O)(=O)O)c1n[nH]c2c1C1CCC2N1C. The number of rotatable bonds is 6. The van der Waals surface area contributed by atoms with Gasteiger partial charge in [-0.3, -0.25) is 24.2 Å². The van der Waals surface area contributed by atoms with Crippen molar-refractivity contribution < 1.29 is 31.7 Å². The molecular formula is C17H24N6O7S. The van der Waals surface area contributed by atoms with E-state index in [0.717, 1.165) is 29.8 Å². The van der Waals surface area contributed by atoms with Crippen LogP contribution in [0.5, 0.6) is 0 Å². The van der Waals surface area contributed by atoms with Crippen LogP contribution in [0.25, 0.3) is 0 Å². The van der Waals surface area contributed by atoms with Gasteiger partial charge in [-0.25, -0.2) is 10.3 Å². The minimum Gasteiger partial charge on any atom is -0.309 e. The Labute approximate surface area is 178 Å². The molecule has 3 amide bonds. The van der Waals surface area contributed by atoms with E-state index in [-0.39, 0.29) is 6.54 Å². The van der Waals surface area contributed by atoms with Gasteiger partial charge in [0.2, 0.25) is 0 Å². The summed E-state index contributed by atoms with van der Waals surface area (Å²) in [5.74, 6) is -0.516. The Hall–Kier alpha value is -2.26. The van der Waals surface area contributed by atoms with Crippen molar-refractivity contribution in [3.63, 3.8) is 0 Å². The number of H-pyrrole nitrogens is 1. The molecule has 14 heteroatoms. The fraction of sp³-hybridized carbons (Fsp3) is 0.706. The van der Waals surface area contributed by atoms with Gasteiger partial charge in [-0.05, 0) is 39.7 Å². The van der Waals surface area contributed by atoms with Gasteiger partial charge >= 0.3 is 16.4 Å². The Kier molecular flexibility index (Phi) is 4.75. The van der Waals surface area contributed by atoms with Crippen molar-refractivity contribution in [1.29, 1.82) is 0 Å². The molecule has 4 aliphatic heterocycles. The molecule has 0 aliphatic carbocycles. The van der Waals surface area contributed by atoms with Crippen molar-refractivity contribution in [3.05, 3.63) is 17.0 Å². The first-order valence-electron chi connectivity index (χ1n) is 10.2. The highest BCUT2D eigenvalue weighted by Gasteiger charge is 2.50. The van der Waals surface area contributed by atoms with Gasteiger partial charge in [0.15, 0.2) is 0 Å². The topological polar surface area (TPSA) is 157 Å².